The third-order valence-corrected chi connectivity index (χ3v) is 6.12. The van der Waals surface area contributed by atoms with Crippen LogP contribution in [0.25, 0.3) is 34.0 Å². The SMILES string of the molecule is Cn1cc(-c2cnc3c(-c4csc(C(=O)N=C5C=Cc6[nH]ccc65)c4)cnn3c2)cn1. The molecule has 31 heavy (non-hydrogen) atoms. The summed E-state index contributed by atoms with van der Waals surface area (Å²) in [6.45, 7) is 0. The molecular formula is C22H15N7OS. The highest BCUT2D eigenvalue weighted by Gasteiger charge is 2.17. The average molecular weight is 425 g/mol. The Morgan fingerprint density at radius 3 is 2.84 bits per heavy atom. The summed E-state index contributed by atoms with van der Waals surface area (Å²) in [7, 11) is 1.88. The van der Waals surface area contributed by atoms with E-state index < -0.39 is 0 Å². The third kappa shape index (κ3) is 2.94. The fourth-order valence-electron chi connectivity index (χ4n) is 3.64. The number of nitrogens with one attached hydrogen (secondary N) is 1. The Balaban J connectivity index is 1.31. The van der Waals surface area contributed by atoms with Gasteiger partial charge in [-0.15, -0.1) is 11.3 Å². The van der Waals surface area contributed by atoms with Gasteiger partial charge in [-0.1, -0.05) is 0 Å². The van der Waals surface area contributed by atoms with E-state index in [-0.39, 0.29) is 5.91 Å². The summed E-state index contributed by atoms with van der Waals surface area (Å²) >= 11 is 1.37. The lowest BCUT2D eigenvalue weighted by molar-refractivity contribution is 0.101. The van der Waals surface area contributed by atoms with Gasteiger partial charge in [-0.25, -0.2) is 14.5 Å². The number of carbonyl (C=O) groups excluding carboxylic acids is 1. The molecule has 0 radical (unpaired) electrons. The average Bonchev–Trinajstić information content (AvgIpc) is 3.56. The van der Waals surface area contributed by atoms with Gasteiger partial charge in [0.2, 0.25) is 0 Å². The Bertz CT molecular complexity index is 1530. The van der Waals surface area contributed by atoms with E-state index >= 15 is 0 Å². The highest BCUT2D eigenvalue weighted by molar-refractivity contribution is 7.12. The van der Waals surface area contributed by atoms with Crippen molar-refractivity contribution in [3.63, 3.8) is 0 Å². The number of allylic oxidation sites excluding steroid dienone is 1. The molecule has 0 aliphatic heterocycles. The maximum Gasteiger partial charge on any atom is 0.287 e. The number of hydrogen-bond acceptors (Lipinski definition) is 5. The highest BCUT2D eigenvalue weighted by Crippen LogP contribution is 2.30. The van der Waals surface area contributed by atoms with Crippen molar-refractivity contribution in [1.29, 1.82) is 0 Å². The van der Waals surface area contributed by atoms with Crippen molar-refractivity contribution in [3.8, 4) is 22.3 Å². The minimum absolute atomic E-state index is 0.256. The van der Waals surface area contributed by atoms with Crippen LogP contribution in [0, 0.1) is 0 Å². The molecule has 1 aliphatic carbocycles. The molecule has 150 valence electrons. The van der Waals surface area contributed by atoms with Crippen molar-refractivity contribution in [3.05, 3.63) is 76.9 Å². The lowest BCUT2D eigenvalue weighted by atomic mass is 10.1. The molecule has 0 unspecified atom stereocenters. The number of aryl methyl sites for hydroxylation is 1. The first-order valence-electron chi connectivity index (χ1n) is 9.56. The van der Waals surface area contributed by atoms with Crippen LogP contribution in [0.15, 0.2) is 65.8 Å². The van der Waals surface area contributed by atoms with Crippen molar-refractivity contribution in [1.82, 2.24) is 29.4 Å². The predicted molar refractivity (Wildman–Crippen MR) is 119 cm³/mol. The van der Waals surface area contributed by atoms with Crippen LogP contribution in [0.5, 0.6) is 0 Å². The summed E-state index contributed by atoms with van der Waals surface area (Å²) in [6.07, 6.45) is 14.8. The lowest BCUT2D eigenvalue weighted by Crippen LogP contribution is -1.99. The van der Waals surface area contributed by atoms with Crippen molar-refractivity contribution >= 4 is 34.7 Å². The first-order valence-corrected chi connectivity index (χ1v) is 10.4. The van der Waals surface area contributed by atoms with Crippen LogP contribution in [0.2, 0.25) is 0 Å². The van der Waals surface area contributed by atoms with Gasteiger partial charge in [-0.2, -0.15) is 10.2 Å². The molecule has 1 aliphatic rings. The molecule has 9 heteroatoms. The van der Waals surface area contributed by atoms with Gasteiger partial charge in [0.25, 0.3) is 5.91 Å². The summed E-state index contributed by atoms with van der Waals surface area (Å²) in [4.78, 5) is 25.3. The van der Waals surface area contributed by atoms with E-state index in [9.17, 15) is 4.79 Å². The van der Waals surface area contributed by atoms with E-state index in [0.29, 0.717) is 10.6 Å². The van der Waals surface area contributed by atoms with E-state index in [2.05, 4.69) is 25.2 Å². The number of carbonyl (C=O) groups is 1. The summed E-state index contributed by atoms with van der Waals surface area (Å²) in [5, 5.41) is 10.6. The van der Waals surface area contributed by atoms with Crippen molar-refractivity contribution in [2.45, 2.75) is 0 Å². The largest absolute Gasteiger partial charge is 0.361 e. The number of rotatable bonds is 3. The maximum absolute atomic E-state index is 12.7. The zero-order valence-corrected chi connectivity index (χ0v) is 17.2. The zero-order valence-electron chi connectivity index (χ0n) is 16.4. The fraction of sp³-hybridized carbons (Fsp3) is 0.0455. The van der Waals surface area contributed by atoms with E-state index in [4.69, 9.17) is 0 Å². The molecule has 6 rings (SSSR count). The van der Waals surface area contributed by atoms with Crippen LogP contribution in [0.4, 0.5) is 0 Å². The Morgan fingerprint density at radius 2 is 1.97 bits per heavy atom. The molecule has 0 saturated carbocycles. The monoisotopic (exact) mass is 425 g/mol. The third-order valence-electron chi connectivity index (χ3n) is 5.20. The molecular weight excluding hydrogens is 410 g/mol. The van der Waals surface area contributed by atoms with E-state index in [0.717, 1.165) is 39.2 Å². The van der Waals surface area contributed by atoms with Gasteiger partial charge < -0.3 is 4.98 Å². The molecule has 0 fully saturated rings. The molecule has 0 atom stereocenters. The Hall–Kier alpha value is -4.11. The number of aliphatic imine (C=N–C) groups is 1. The minimum Gasteiger partial charge on any atom is -0.361 e. The van der Waals surface area contributed by atoms with Gasteiger partial charge in [-0.3, -0.25) is 9.48 Å². The number of hydrogen-bond donors (Lipinski definition) is 1. The van der Waals surface area contributed by atoms with Gasteiger partial charge >= 0.3 is 0 Å². The summed E-state index contributed by atoms with van der Waals surface area (Å²) in [5.41, 5.74) is 7.00. The van der Waals surface area contributed by atoms with E-state index in [1.54, 1.807) is 21.6 Å². The molecule has 5 heterocycles. The molecule has 1 amide bonds. The number of H-pyrrole nitrogens is 1. The maximum atomic E-state index is 12.7. The minimum atomic E-state index is -0.256. The Labute approximate surface area is 180 Å². The topological polar surface area (TPSA) is 93.2 Å². The van der Waals surface area contributed by atoms with Crippen LogP contribution in [0.1, 0.15) is 20.9 Å². The number of nitrogens with zero attached hydrogens (tertiary/aromatic N) is 6. The quantitative estimate of drug-likeness (QED) is 0.475. The molecule has 5 aromatic heterocycles. The van der Waals surface area contributed by atoms with Gasteiger partial charge in [0.15, 0.2) is 5.65 Å². The lowest BCUT2D eigenvalue weighted by Gasteiger charge is -1.99. The van der Waals surface area contributed by atoms with E-state index in [1.165, 1.54) is 11.3 Å². The first-order chi connectivity index (χ1) is 15.2. The second kappa shape index (κ2) is 6.71. The number of thiophene rings is 1. The predicted octanol–water partition coefficient (Wildman–Crippen LogP) is 3.84. The summed E-state index contributed by atoms with van der Waals surface area (Å²) < 4.78 is 3.49. The molecule has 0 saturated heterocycles. The van der Waals surface area contributed by atoms with Crippen molar-refractivity contribution in [2.24, 2.45) is 12.0 Å². The summed E-state index contributed by atoms with van der Waals surface area (Å²) in [5.74, 6) is -0.256. The van der Waals surface area contributed by atoms with Gasteiger partial charge in [-0.05, 0) is 35.2 Å². The van der Waals surface area contributed by atoms with Gasteiger partial charge in [0.05, 0.1) is 23.0 Å². The van der Waals surface area contributed by atoms with Crippen LogP contribution in [-0.4, -0.2) is 41.0 Å². The highest BCUT2D eigenvalue weighted by atomic mass is 32.1. The van der Waals surface area contributed by atoms with Crippen molar-refractivity contribution < 1.29 is 4.79 Å². The Kier molecular flexibility index (Phi) is 3.84. The summed E-state index contributed by atoms with van der Waals surface area (Å²) in [6, 6.07) is 3.77. The zero-order chi connectivity index (χ0) is 20.9. The molecule has 1 N–H and O–H groups in total. The van der Waals surface area contributed by atoms with Gasteiger partial charge in [0, 0.05) is 59.8 Å². The second-order valence-corrected chi connectivity index (χ2v) is 8.12. The van der Waals surface area contributed by atoms with Crippen LogP contribution in [-0.2, 0) is 7.05 Å². The molecule has 0 bridgehead atoms. The van der Waals surface area contributed by atoms with Gasteiger partial charge in [0.1, 0.15) is 0 Å². The number of aromatic nitrogens is 6. The van der Waals surface area contributed by atoms with E-state index in [1.807, 2.05) is 61.5 Å². The normalized spacial score (nSPS) is 14.0. The molecule has 5 aromatic rings. The molecule has 0 aromatic carbocycles. The van der Waals surface area contributed by atoms with Crippen LogP contribution < -0.4 is 0 Å². The Morgan fingerprint density at radius 1 is 1.06 bits per heavy atom. The fourth-order valence-corrected chi connectivity index (χ4v) is 4.44. The number of fused-ring (bicyclic) bond motifs is 2. The second-order valence-electron chi connectivity index (χ2n) is 7.21. The number of amides is 1. The smallest absolute Gasteiger partial charge is 0.287 e. The molecule has 0 spiro atoms. The molecule has 8 nitrogen and oxygen atoms in total. The van der Waals surface area contributed by atoms with Crippen molar-refractivity contribution in [2.75, 3.05) is 0 Å². The first kappa shape index (κ1) is 17.7. The van der Waals surface area contributed by atoms with Crippen LogP contribution in [0.3, 0.4) is 0 Å². The number of aromatic amines is 1. The standard InChI is InChI=1S/C22H15N7OS/c1-28-10-15(8-25-28)14-7-24-21-17(9-26-29(21)11-14)13-6-20(31-12-13)22(30)27-19-3-2-18-16(19)4-5-23-18/h2-12,23H,1H3. The van der Waals surface area contributed by atoms with Crippen LogP contribution >= 0.6 is 11.3 Å².